The second-order valence-corrected chi connectivity index (χ2v) is 12.3. The van der Waals surface area contributed by atoms with Gasteiger partial charge in [-0.3, -0.25) is 0 Å². The standard InChI is InChI=1S/C44H27N5O/c1-4-12-29(13-5-1)41-46-42(30-14-6-2-7-15-30)48-43(47-41)31-20-24-33(25-21-31)49-36-19-11-10-18-34(36)39-37(49)27-23-28-22-26-35-40(38(28)39)50-44(45-35)32-16-8-3-9-17-32/h1-27H. The molecule has 10 aromatic rings. The molecule has 0 fully saturated rings. The Kier molecular flexibility index (Phi) is 6.39. The van der Waals surface area contributed by atoms with E-state index < -0.39 is 0 Å². The van der Waals surface area contributed by atoms with Gasteiger partial charge in [-0.15, -0.1) is 0 Å². The molecule has 6 nitrogen and oxygen atoms in total. The molecule has 0 N–H and O–H groups in total. The molecule has 10 rings (SSSR count). The molecule has 0 spiro atoms. The summed E-state index contributed by atoms with van der Waals surface area (Å²) >= 11 is 0. The lowest BCUT2D eigenvalue weighted by Crippen LogP contribution is -2.00. The summed E-state index contributed by atoms with van der Waals surface area (Å²) in [5.74, 6) is 2.52. The molecule has 7 aromatic carbocycles. The Morgan fingerprint density at radius 3 is 1.58 bits per heavy atom. The highest BCUT2D eigenvalue weighted by molar-refractivity contribution is 6.26. The molecule has 0 saturated heterocycles. The zero-order valence-electron chi connectivity index (χ0n) is 26.7. The molecule has 0 amide bonds. The average Bonchev–Trinajstić information content (AvgIpc) is 3.79. The van der Waals surface area contributed by atoms with Crippen LogP contribution in [0.25, 0.3) is 95.0 Å². The highest BCUT2D eigenvalue weighted by atomic mass is 16.3. The SMILES string of the molecule is c1ccc(-c2nc(-c3ccccc3)nc(-c3ccc(-n4c5ccccc5c5c6c(ccc7nc(-c8ccccc8)oc76)ccc54)cc3)n2)cc1. The van der Waals surface area contributed by atoms with Gasteiger partial charge in [0.25, 0.3) is 0 Å². The van der Waals surface area contributed by atoms with Gasteiger partial charge in [0, 0.05) is 44.1 Å². The molecule has 234 valence electrons. The Morgan fingerprint density at radius 1 is 0.400 bits per heavy atom. The van der Waals surface area contributed by atoms with Crippen LogP contribution in [0.5, 0.6) is 0 Å². The lowest BCUT2D eigenvalue weighted by molar-refractivity contribution is 0.623. The van der Waals surface area contributed by atoms with E-state index in [2.05, 4.69) is 71.3 Å². The summed E-state index contributed by atoms with van der Waals surface area (Å²) in [6.45, 7) is 0. The number of para-hydroxylation sites is 1. The summed E-state index contributed by atoms with van der Waals surface area (Å²) in [5.41, 5.74) is 8.63. The number of benzene rings is 7. The molecule has 0 radical (unpaired) electrons. The van der Waals surface area contributed by atoms with Crippen LogP contribution in [0.3, 0.4) is 0 Å². The Balaban J connectivity index is 1.14. The molecule has 0 aliphatic rings. The van der Waals surface area contributed by atoms with Crippen molar-refractivity contribution in [3.63, 3.8) is 0 Å². The van der Waals surface area contributed by atoms with Crippen molar-refractivity contribution in [2.75, 3.05) is 0 Å². The molecule has 6 heteroatoms. The van der Waals surface area contributed by atoms with E-state index in [0.29, 0.717) is 23.4 Å². The van der Waals surface area contributed by atoms with Gasteiger partial charge in [0.15, 0.2) is 23.1 Å². The zero-order valence-corrected chi connectivity index (χ0v) is 26.7. The summed E-state index contributed by atoms with van der Waals surface area (Å²) in [4.78, 5) is 19.6. The van der Waals surface area contributed by atoms with Crippen LogP contribution in [-0.2, 0) is 0 Å². The molecule has 0 bridgehead atoms. The largest absolute Gasteiger partial charge is 0.435 e. The van der Waals surface area contributed by atoms with E-state index in [4.69, 9.17) is 24.4 Å². The Hall–Kier alpha value is -6.92. The normalized spacial score (nSPS) is 11.6. The fraction of sp³-hybridized carbons (Fsp3) is 0. The number of fused-ring (bicyclic) bond motifs is 7. The van der Waals surface area contributed by atoms with Gasteiger partial charge in [0.1, 0.15) is 5.52 Å². The van der Waals surface area contributed by atoms with Gasteiger partial charge in [-0.25, -0.2) is 19.9 Å². The minimum absolute atomic E-state index is 0.619. The third-order valence-corrected chi connectivity index (χ3v) is 9.28. The fourth-order valence-electron chi connectivity index (χ4n) is 6.93. The molecule has 3 heterocycles. The lowest BCUT2D eigenvalue weighted by atomic mass is 10.0. The minimum Gasteiger partial charge on any atom is -0.435 e. The van der Waals surface area contributed by atoms with E-state index in [1.54, 1.807) is 0 Å². The van der Waals surface area contributed by atoms with Gasteiger partial charge in [-0.05, 0) is 60.0 Å². The van der Waals surface area contributed by atoms with E-state index in [0.717, 1.165) is 71.6 Å². The number of rotatable bonds is 5. The molecule has 0 atom stereocenters. The van der Waals surface area contributed by atoms with Gasteiger partial charge in [0.2, 0.25) is 5.89 Å². The Bertz CT molecular complexity index is 2780. The van der Waals surface area contributed by atoms with Crippen molar-refractivity contribution in [1.82, 2.24) is 24.5 Å². The summed E-state index contributed by atoms with van der Waals surface area (Å²) in [7, 11) is 0. The highest BCUT2D eigenvalue weighted by Gasteiger charge is 2.20. The highest BCUT2D eigenvalue weighted by Crippen LogP contribution is 2.41. The summed E-state index contributed by atoms with van der Waals surface area (Å²) < 4.78 is 8.87. The number of hydrogen-bond acceptors (Lipinski definition) is 5. The van der Waals surface area contributed by atoms with Crippen molar-refractivity contribution in [2.24, 2.45) is 0 Å². The van der Waals surface area contributed by atoms with E-state index in [9.17, 15) is 0 Å². The predicted molar refractivity (Wildman–Crippen MR) is 201 cm³/mol. The molecule has 3 aromatic heterocycles. The van der Waals surface area contributed by atoms with Crippen molar-refractivity contribution in [3.8, 4) is 51.3 Å². The smallest absolute Gasteiger partial charge is 0.227 e. The van der Waals surface area contributed by atoms with Gasteiger partial charge >= 0.3 is 0 Å². The Morgan fingerprint density at radius 2 is 0.940 bits per heavy atom. The maximum Gasteiger partial charge on any atom is 0.227 e. The molecular weight excluding hydrogens is 615 g/mol. The molecule has 0 unspecified atom stereocenters. The van der Waals surface area contributed by atoms with E-state index in [1.165, 1.54) is 0 Å². The van der Waals surface area contributed by atoms with Gasteiger partial charge in [-0.1, -0.05) is 109 Å². The van der Waals surface area contributed by atoms with Crippen LogP contribution >= 0.6 is 0 Å². The van der Waals surface area contributed by atoms with E-state index in [1.807, 2.05) is 97.1 Å². The lowest BCUT2D eigenvalue weighted by Gasteiger charge is -2.11. The first-order valence-electron chi connectivity index (χ1n) is 16.6. The van der Waals surface area contributed by atoms with E-state index in [-0.39, 0.29) is 0 Å². The van der Waals surface area contributed by atoms with Crippen LogP contribution in [0.4, 0.5) is 0 Å². The van der Waals surface area contributed by atoms with Crippen molar-refractivity contribution >= 4 is 43.7 Å². The molecule has 50 heavy (non-hydrogen) atoms. The summed E-state index contributed by atoms with van der Waals surface area (Å²) in [6, 6.07) is 55.7. The van der Waals surface area contributed by atoms with Crippen LogP contribution in [0, 0.1) is 0 Å². The molecule has 0 saturated carbocycles. The van der Waals surface area contributed by atoms with Crippen LogP contribution in [0.15, 0.2) is 168 Å². The van der Waals surface area contributed by atoms with Crippen molar-refractivity contribution in [1.29, 1.82) is 0 Å². The maximum atomic E-state index is 6.55. The third-order valence-electron chi connectivity index (χ3n) is 9.28. The fourth-order valence-corrected chi connectivity index (χ4v) is 6.93. The number of aromatic nitrogens is 5. The third kappa shape index (κ3) is 4.58. The average molecular weight is 642 g/mol. The first-order chi connectivity index (χ1) is 24.8. The van der Waals surface area contributed by atoms with Gasteiger partial charge in [-0.2, -0.15) is 0 Å². The topological polar surface area (TPSA) is 69.6 Å². The molecule has 0 aliphatic carbocycles. The number of nitrogens with zero attached hydrogens (tertiary/aromatic N) is 5. The first-order valence-corrected chi connectivity index (χ1v) is 16.6. The molecule has 0 aliphatic heterocycles. The predicted octanol–water partition coefficient (Wildman–Crippen LogP) is 10.9. The molecular formula is C44H27N5O. The maximum absolute atomic E-state index is 6.55. The number of hydrogen-bond donors (Lipinski definition) is 0. The first kappa shape index (κ1) is 28.1. The second kappa shape index (κ2) is 11.4. The van der Waals surface area contributed by atoms with Crippen LogP contribution in [0.2, 0.25) is 0 Å². The zero-order chi connectivity index (χ0) is 33.0. The Labute approximate surface area is 287 Å². The number of oxazole rings is 1. The quantitative estimate of drug-likeness (QED) is 0.187. The van der Waals surface area contributed by atoms with Crippen molar-refractivity contribution in [3.05, 3.63) is 164 Å². The minimum atomic E-state index is 0.619. The van der Waals surface area contributed by atoms with Crippen molar-refractivity contribution in [2.45, 2.75) is 0 Å². The van der Waals surface area contributed by atoms with E-state index >= 15 is 0 Å². The second-order valence-electron chi connectivity index (χ2n) is 12.3. The van der Waals surface area contributed by atoms with Gasteiger partial charge in [0.05, 0.1) is 11.0 Å². The summed E-state index contributed by atoms with van der Waals surface area (Å²) in [6.07, 6.45) is 0. The van der Waals surface area contributed by atoms with Crippen LogP contribution < -0.4 is 0 Å². The monoisotopic (exact) mass is 641 g/mol. The van der Waals surface area contributed by atoms with Crippen LogP contribution in [0.1, 0.15) is 0 Å². The van der Waals surface area contributed by atoms with Gasteiger partial charge < -0.3 is 8.98 Å². The summed E-state index contributed by atoms with van der Waals surface area (Å²) in [5, 5.41) is 4.46. The van der Waals surface area contributed by atoms with Crippen molar-refractivity contribution < 1.29 is 4.42 Å². The van der Waals surface area contributed by atoms with Crippen LogP contribution in [-0.4, -0.2) is 24.5 Å².